The van der Waals surface area contributed by atoms with Gasteiger partial charge < -0.3 is 4.74 Å². The molecule has 1 unspecified atom stereocenters. The van der Waals surface area contributed by atoms with Gasteiger partial charge in [0.1, 0.15) is 0 Å². The van der Waals surface area contributed by atoms with Crippen molar-refractivity contribution in [3.05, 3.63) is 33.3 Å². The summed E-state index contributed by atoms with van der Waals surface area (Å²) in [6.07, 6.45) is 0.855. The van der Waals surface area contributed by atoms with E-state index in [-0.39, 0.29) is 11.7 Å². The number of rotatable bonds is 2. The molecule has 1 heterocycles. The van der Waals surface area contributed by atoms with Gasteiger partial charge in [-0.25, -0.2) is 0 Å². The Morgan fingerprint density at radius 1 is 1.38 bits per heavy atom. The molecule has 0 bridgehead atoms. The summed E-state index contributed by atoms with van der Waals surface area (Å²) in [6.45, 7) is 5.27. The first kappa shape index (κ1) is 11.8. The third-order valence-corrected chi connectivity index (χ3v) is 3.93. The highest BCUT2D eigenvalue weighted by Gasteiger charge is 2.25. The fourth-order valence-electron chi connectivity index (χ4n) is 2.01. The maximum atomic E-state index is 12.2. The average molecular weight is 283 g/mol. The van der Waals surface area contributed by atoms with Gasteiger partial charge in [0, 0.05) is 22.6 Å². The molecule has 86 valence electrons. The maximum absolute atomic E-state index is 12.2. The van der Waals surface area contributed by atoms with Crippen molar-refractivity contribution in [1.82, 2.24) is 0 Å². The molecule has 1 aromatic carbocycles. The molecule has 0 amide bonds. The minimum Gasteiger partial charge on any atom is -0.381 e. The lowest BCUT2D eigenvalue weighted by Gasteiger charge is -2.11. The summed E-state index contributed by atoms with van der Waals surface area (Å²) in [5, 5.41) is 0. The predicted molar refractivity (Wildman–Crippen MR) is 66.9 cm³/mol. The molecule has 0 spiro atoms. The van der Waals surface area contributed by atoms with Gasteiger partial charge in [0.25, 0.3) is 0 Å². The Balaban J connectivity index is 2.32. The van der Waals surface area contributed by atoms with Gasteiger partial charge in [-0.1, -0.05) is 15.9 Å². The van der Waals surface area contributed by atoms with Crippen molar-refractivity contribution >= 4 is 21.7 Å². The summed E-state index contributed by atoms with van der Waals surface area (Å²) in [7, 11) is 0. The third kappa shape index (κ3) is 2.20. The van der Waals surface area contributed by atoms with Crippen molar-refractivity contribution in [2.45, 2.75) is 20.3 Å². The zero-order valence-electron chi connectivity index (χ0n) is 9.55. The molecule has 0 aliphatic carbocycles. The number of aryl methyl sites for hydroxylation is 2. The average Bonchev–Trinajstić information content (AvgIpc) is 2.75. The standard InChI is InChI=1S/C13H15BrO2/c1-8-6-12(14)9(2)5-11(8)13(15)10-3-4-16-7-10/h5-6,10H,3-4,7H2,1-2H3. The van der Waals surface area contributed by atoms with E-state index in [1.165, 1.54) is 0 Å². The summed E-state index contributed by atoms with van der Waals surface area (Å²) < 4.78 is 6.32. The molecule has 0 N–H and O–H groups in total. The van der Waals surface area contributed by atoms with Crippen molar-refractivity contribution in [3.63, 3.8) is 0 Å². The molecule has 1 aliphatic heterocycles. The molecular formula is C13H15BrO2. The Labute approximate surface area is 104 Å². The van der Waals surface area contributed by atoms with Crippen LogP contribution in [0.5, 0.6) is 0 Å². The van der Waals surface area contributed by atoms with Gasteiger partial charge in [-0.3, -0.25) is 4.79 Å². The number of hydrogen-bond donors (Lipinski definition) is 0. The van der Waals surface area contributed by atoms with Crippen LogP contribution in [0.25, 0.3) is 0 Å². The van der Waals surface area contributed by atoms with E-state index < -0.39 is 0 Å². The van der Waals surface area contributed by atoms with E-state index in [0.717, 1.165) is 27.6 Å². The van der Waals surface area contributed by atoms with Gasteiger partial charge in [-0.15, -0.1) is 0 Å². The molecule has 0 saturated carbocycles. The second-order valence-corrected chi connectivity index (χ2v) is 5.20. The SMILES string of the molecule is Cc1cc(C(=O)C2CCOC2)c(C)cc1Br. The number of ether oxygens (including phenoxy) is 1. The minimum absolute atomic E-state index is 0.0549. The molecule has 1 atom stereocenters. The number of ketones is 1. The van der Waals surface area contributed by atoms with E-state index in [2.05, 4.69) is 15.9 Å². The third-order valence-electron chi connectivity index (χ3n) is 3.07. The van der Waals surface area contributed by atoms with E-state index in [1.807, 2.05) is 26.0 Å². The number of carbonyl (C=O) groups excluding carboxylic acids is 1. The molecule has 1 fully saturated rings. The fourth-order valence-corrected chi connectivity index (χ4v) is 2.47. The number of benzene rings is 1. The van der Waals surface area contributed by atoms with E-state index >= 15 is 0 Å². The molecular weight excluding hydrogens is 268 g/mol. The van der Waals surface area contributed by atoms with E-state index in [9.17, 15) is 4.79 Å². The molecule has 0 radical (unpaired) electrons. The van der Waals surface area contributed by atoms with Gasteiger partial charge >= 0.3 is 0 Å². The van der Waals surface area contributed by atoms with Crippen molar-refractivity contribution in [3.8, 4) is 0 Å². The van der Waals surface area contributed by atoms with Crippen LogP contribution in [-0.4, -0.2) is 19.0 Å². The summed E-state index contributed by atoms with van der Waals surface area (Å²) in [4.78, 5) is 12.2. The van der Waals surface area contributed by atoms with Crippen LogP contribution in [0.15, 0.2) is 16.6 Å². The first-order valence-electron chi connectivity index (χ1n) is 5.48. The topological polar surface area (TPSA) is 26.3 Å². The molecule has 16 heavy (non-hydrogen) atoms. The molecule has 3 heteroatoms. The smallest absolute Gasteiger partial charge is 0.168 e. The van der Waals surface area contributed by atoms with Gasteiger partial charge in [0.15, 0.2) is 5.78 Å². The van der Waals surface area contributed by atoms with Gasteiger partial charge in [0.05, 0.1) is 6.61 Å². The first-order valence-corrected chi connectivity index (χ1v) is 6.27. The van der Waals surface area contributed by atoms with Crippen LogP contribution in [0.3, 0.4) is 0 Å². The van der Waals surface area contributed by atoms with Gasteiger partial charge in [0.2, 0.25) is 0 Å². The Bertz CT molecular complexity index is 420. The number of Topliss-reactive ketones (excluding diaryl/α,β-unsaturated/α-hetero) is 1. The van der Waals surface area contributed by atoms with Crippen LogP contribution in [0, 0.1) is 19.8 Å². The minimum atomic E-state index is 0.0549. The first-order chi connectivity index (χ1) is 7.59. The Kier molecular flexibility index (Phi) is 3.45. The zero-order chi connectivity index (χ0) is 11.7. The second kappa shape index (κ2) is 4.68. The summed E-state index contributed by atoms with van der Waals surface area (Å²) in [6, 6.07) is 3.98. The quantitative estimate of drug-likeness (QED) is 0.778. The maximum Gasteiger partial charge on any atom is 0.168 e. The lowest BCUT2D eigenvalue weighted by atomic mass is 9.93. The van der Waals surface area contributed by atoms with Crippen molar-refractivity contribution in [2.24, 2.45) is 5.92 Å². The lowest BCUT2D eigenvalue weighted by molar-refractivity contribution is 0.0899. The van der Waals surface area contributed by atoms with E-state index in [1.54, 1.807) is 0 Å². The van der Waals surface area contributed by atoms with Crippen molar-refractivity contribution < 1.29 is 9.53 Å². The zero-order valence-corrected chi connectivity index (χ0v) is 11.1. The second-order valence-electron chi connectivity index (χ2n) is 4.34. The summed E-state index contributed by atoms with van der Waals surface area (Å²) in [5.74, 6) is 0.282. The Morgan fingerprint density at radius 2 is 2.12 bits per heavy atom. The van der Waals surface area contributed by atoms with Crippen molar-refractivity contribution in [1.29, 1.82) is 0 Å². The molecule has 2 rings (SSSR count). The molecule has 1 saturated heterocycles. The van der Waals surface area contributed by atoms with Crippen LogP contribution in [-0.2, 0) is 4.74 Å². The number of hydrogen-bond acceptors (Lipinski definition) is 2. The van der Waals surface area contributed by atoms with Gasteiger partial charge in [-0.2, -0.15) is 0 Å². The van der Waals surface area contributed by atoms with Crippen LogP contribution < -0.4 is 0 Å². The predicted octanol–water partition coefficient (Wildman–Crippen LogP) is 3.29. The highest BCUT2D eigenvalue weighted by molar-refractivity contribution is 9.10. The summed E-state index contributed by atoms with van der Waals surface area (Å²) in [5.41, 5.74) is 2.98. The van der Waals surface area contributed by atoms with Gasteiger partial charge in [-0.05, 0) is 43.5 Å². The fraction of sp³-hybridized carbons (Fsp3) is 0.462. The van der Waals surface area contributed by atoms with Crippen LogP contribution in [0.2, 0.25) is 0 Å². The highest BCUT2D eigenvalue weighted by atomic mass is 79.9. The number of halogens is 1. The molecule has 1 aromatic rings. The Hall–Kier alpha value is -0.670. The normalized spacial score (nSPS) is 20.1. The molecule has 0 aromatic heterocycles. The monoisotopic (exact) mass is 282 g/mol. The Morgan fingerprint density at radius 3 is 2.75 bits per heavy atom. The molecule has 2 nitrogen and oxygen atoms in total. The van der Waals surface area contributed by atoms with Crippen LogP contribution in [0.1, 0.15) is 27.9 Å². The largest absolute Gasteiger partial charge is 0.381 e. The lowest BCUT2D eigenvalue weighted by Crippen LogP contribution is -2.16. The van der Waals surface area contributed by atoms with E-state index in [4.69, 9.17) is 4.74 Å². The van der Waals surface area contributed by atoms with Crippen LogP contribution in [0.4, 0.5) is 0 Å². The number of carbonyl (C=O) groups is 1. The highest BCUT2D eigenvalue weighted by Crippen LogP contribution is 2.25. The van der Waals surface area contributed by atoms with E-state index in [0.29, 0.717) is 13.2 Å². The van der Waals surface area contributed by atoms with Crippen molar-refractivity contribution in [2.75, 3.05) is 13.2 Å². The molecule has 1 aliphatic rings. The van der Waals surface area contributed by atoms with Crippen LogP contribution >= 0.6 is 15.9 Å². The summed E-state index contributed by atoms with van der Waals surface area (Å²) >= 11 is 3.48.